The number of carbonyl (C=O) groups excluding carboxylic acids is 5. The molecule has 0 aliphatic carbocycles. The van der Waals surface area contributed by atoms with Crippen LogP contribution in [-0.2, 0) is 25.7 Å². The lowest BCUT2D eigenvalue weighted by Crippen LogP contribution is -2.49. The third-order valence-corrected chi connectivity index (χ3v) is 4.19. The van der Waals surface area contributed by atoms with Gasteiger partial charge in [0.1, 0.15) is 6.04 Å². The van der Waals surface area contributed by atoms with E-state index in [0.29, 0.717) is 5.56 Å². The van der Waals surface area contributed by atoms with Gasteiger partial charge < -0.3 is 21.3 Å². The Balaban J connectivity index is 1.67. The first-order valence-electron chi connectivity index (χ1n) is 9.62. The van der Waals surface area contributed by atoms with Gasteiger partial charge in [-0.25, -0.2) is 0 Å². The molecule has 0 saturated carbocycles. The van der Waals surface area contributed by atoms with E-state index in [1.165, 1.54) is 6.92 Å². The summed E-state index contributed by atoms with van der Waals surface area (Å²) in [4.78, 5) is 59.6. The van der Waals surface area contributed by atoms with Crippen LogP contribution < -0.4 is 21.3 Å². The van der Waals surface area contributed by atoms with Crippen molar-refractivity contribution in [2.45, 2.75) is 19.5 Å². The van der Waals surface area contributed by atoms with E-state index in [-0.39, 0.29) is 13.1 Å². The summed E-state index contributed by atoms with van der Waals surface area (Å²) in [5.74, 6) is -3.24. The third kappa shape index (κ3) is 8.09. The Morgan fingerprint density at radius 2 is 1.39 bits per heavy atom. The highest BCUT2D eigenvalue weighted by Gasteiger charge is 2.19. The van der Waals surface area contributed by atoms with Crippen LogP contribution in [0.3, 0.4) is 0 Å². The molecule has 0 aromatic heterocycles. The minimum absolute atomic E-state index is 0.195. The topological polar surface area (TPSA) is 133 Å². The lowest BCUT2D eigenvalue weighted by molar-refractivity contribution is -0.138. The van der Waals surface area contributed by atoms with Crippen LogP contribution in [0.25, 0.3) is 0 Å². The van der Waals surface area contributed by atoms with Crippen LogP contribution >= 0.6 is 0 Å². The normalized spacial score (nSPS) is 11.0. The van der Waals surface area contributed by atoms with Crippen LogP contribution in [0.4, 0.5) is 0 Å². The summed E-state index contributed by atoms with van der Waals surface area (Å²) in [5.41, 5.74) is 1.24. The van der Waals surface area contributed by atoms with Crippen molar-refractivity contribution < 1.29 is 24.0 Å². The lowest BCUT2D eigenvalue weighted by atomic mass is 10.2. The smallest absolute Gasteiger partial charge is 0.289 e. The second kappa shape index (κ2) is 11.9. The van der Waals surface area contributed by atoms with Crippen molar-refractivity contribution in [3.8, 4) is 0 Å². The summed E-state index contributed by atoms with van der Waals surface area (Å²) in [6, 6.07) is 16.5. The number of benzene rings is 2. The van der Waals surface area contributed by atoms with Crippen molar-refractivity contribution in [2.75, 3.05) is 13.1 Å². The summed E-state index contributed by atoms with van der Waals surface area (Å²) in [6.07, 6.45) is 0. The van der Waals surface area contributed by atoms with E-state index >= 15 is 0 Å². The maximum absolute atomic E-state index is 12.0. The van der Waals surface area contributed by atoms with E-state index < -0.39 is 42.0 Å². The average molecular weight is 424 g/mol. The maximum atomic E-state index is 12.0. The molecule has 4 amide bonds. The van der Waals surface area contributed by atoms with Crippen LogP contribution in [-0.4, -0.2) is 48.5 Å². The van der Waals surface area contributed by atoms with E-state index in [9.17, 15) is 24.0 Å². The van der Waals surface area contributed by atoms with Crippen LogP contribution in [0, 0.1) is 0 Å². The van der Waals surface area contributed by atoms with Gasteiger partial charge in [0.05, 0.1) is 13.1 Å². The molecule has 1 unspecified atom stereocenters. The van der Waals surface area contributed by atoms with Crippen LogP contribution in [0.2, 0.25) is 0 Å². The lowest BCUT2D eigenvalue weighted by Gasteiger charge is -2.14. The second-order valence-corrected chi connectivity index (χ2v) is 6.65. The van der Waals surface area contributed by atoms with Gasteiger partial charge in [-0.3, -0.25) is 24.0 Å². The molecule has 9 heteroatoms. The van der Waals surface area contributed by atoms with Crippen molar-refractivity contribution in [3.63, 3.8) is 0 Å². The van der Waals surface area contributed by atoms with Gasteiger partial charge in [0.25, 0.3) is 11.8 Å². The number of hydrogen-bond donors (Lipinski definition) is 4. The van der Waals surface area contributed by atoms with E-state index in [4.69, 9.17) is 0 Å². The Bertz CT molecular complexity index is 931. The fraction of sp³-hybridized carbons (Fsp3) is 0.227. The van der Waals surface area contributed by atoms with Crippen LogP contribution in [0.1, 0.15) is 22.8 Å². The molecule has 0 aliphatic rings. The number of rotatable bonds is 10. The van der Waals surface area contributed by atoms with Gasteiger partial charge in [-0.15, -0.1) is 0 Å². The SMILES string of the molecule is CC(NC(=O)CNC(=O)c1ccccc1)C(=O)NCC(=O)C(=O)NCc1ccccc1. The Morgan fingerprint density at radius 3 is 2.03 bits per heavy atom. The standard InChI is InChI=1S/C22H24N4O5/c1-15(26-19(28)14-25-21(30)17-10-6-3-7-11-17)20(29)24-13-18(27)22(31)23-12-16-8-4-2-5-9-16/h2-11,15H,12-14H2,1H3,(H,23,31)(H,24,29)(H,25,30)(H,26,28). The summed E-state index contributed by atoms with van der Waals surface area (Å²) in [6.45, 7) is 0.809. The summed E-state index contributed by atoms with van der Waals surface area (Å²) in [5, 5.41) is 9.64. The molecule has 31 heavy (non-hydrogen) atoms. The van der Waals surface area contributed by atoms with Crippen LogP contribution in [0.15, 0.2) is 60.7 Å². The number of Topliss-reactive ketones (excluding diaryl/α,β-unsaturated/α-hetero) is 1. The third-order valence-electron chi connectivity index (χ3n) is 4.19. The van der Waals surface area contributed by atoms with Gasteiger partial charge in [0.15, 0.2) is 0 Å². The van der Waals surface area contributed by atoms with Crippen LogP contribution in [0.5, 0.6) is 0 Å². The highest BCUT2D eigenvalue weighted by molar-refractivity contribution is 6.37. The molecule has 2 aromatic rings. The monoisotopic (exact) mass is 424 g/mol. The van der Waals surface area contributed by atoms with Crippen molar-refractivity contribution >= 4 is 29.4 Å². The van der Waals surface area contributed by atoms with Crippen molar-refractivity contribution in [2.24, 2.45) is 0 Å². The minimum atomic E-state index is -0.957. The molecule has 0 saturated heterocycles. The largest absolute Gasteiger partial charge is 0.347 e. The predicted octanol–water partition coefficient (Wildman–Crippen LogP) is -0.0772. The molecule has 0 bridgehead atoms. The molecule has 0 heterocycles. The number of ketones is 1. The van der Waals surface area contributed by atoms with Crippen molar-refractivity contribution in [3.05, 3.63) is 71.8 Å². The molecule has 0 aliphatic heterocycles. The van der Waals surface area contributed by atoms with E-state index in [1.807, 2.05) is 18.2 Å². The molecule has 0 spiro atoms. The average Bonchev–Trinajstić information content (AvgIpc) is 2.80. The number of amides is 4. The zero-order valence-electron chi connectivity index (χ0n) is 17.0. The fourth-order valence-corrected chi connectivity index (χ4v) is 2.49. The van der Waals surface area contributed by atoms with Gasteiger partial charge in [-0.2, -0.15) is 0 Å². The Labute approximate surface area is 179 Å². The maximum Gasteiger partial charge on any atom is 0.289 e. The number of carbonyl (C=O) groups is 5. The number of hydrogen-bond acceptors (Lipinski definition) is 5. The Kier molecular flexibility index (Phi) is 8.90. The molecule has 9 nitrogen and oxygen atoms in total. The second-order valence-electron chi connectivity index (χ2n) is 6.65. The molecular formula is C22H24N4O5. The first-order valence-corrected chi connectivity index (χ1v) is 9.62. The quantitative estimate of drug-likeness (QED) is 0.396. The van der Waals surface area contributed by atoms with E-state index in [0.717, 1.165) is 5.56 Å². The minimum Gasteiger partial charge on any atom is -0.347 e. The van der Waals surface area contributed by atoms with E-state index in [2.05, 4.69) is 21.3 Å². The summed E-state index contributed by atoms with van der Waals surface area (Å²) < 4.78 is 0. The van der Waals surface area contributed by atoms with Crippen molar-refractivity contribution in [1.29, 1.82) is 0 Å². The van der Waals surface area contributed by atoms with Crippen molar-refractivity contribution in [1.82, 2.24) is 21.3 Å². The molecule has 162 valence electrons. The molecule has 1 atom stereocenters. The van der Waals surface area contributed by atoms with Gasteiger partial charge in [0, 0.05) is 12.1 Å². The van der Waals surface area contributed by atoms with Gasteiger partial charge in [0.2, 0.25) is 17.6 Å². The first-order chi connectivity index (χ1) is 14.9. The molecule has 4 N–H and O–H groups in total. The Morgan fingerprint density at radius 1 is 0.774 bits per heavy atom. The zero-order chi connectivity index (χ0) is 22.6. The predicted molar refractivity (Wildman–Crippen MR) is 113 cm³/mol. The van der Waals surface area contributed by atoms with Gasteiger partial charge in [-0.1, -0.05) is 48.5 Å². The molecular weight excluding hydrogens is 400 g/mol. The van der Waals surface area contributed by atoms with Gasteiger partial charge >= 0.3 is 0 Å². The first kappa shape index (κ1) is 23.3. The van der Waals surface area contributed by atoms with Gasteiger partial charge in [-0.05, 0) is 24.6 Å². The van der Waals surface area contributed by atoms with E-state index in [1.54, 1.807) is 42.5 Å². The Hall–Kier alpha value is -4.01. The molecule has 2 aromatic carbocycles. The highest BCUT2D eigenvalue weighted by atomic mass is 16.2. The summed E-state index contributed by atoms with van der Waals surface area (Å²) >= 11 is 0. The summed E-state index contributed by atoms with van der Waals surface area (Å²) in [7, 11) is 0. The highest BCUT2D eigenvalue weighted by Crippen LogP contribution is 1.98. The number of nitrogens with one attached hydrogen (secondary N) is 4. The fourth-order valence-electron chi connectivity index (χ4n) is 2.49. The molecule has 2 rings (SSSR count). The zero-order valence-corrected chi connectivity index (χ0v) is 17.0. The molecule has 0 radical (unpaired) electrons. The molecule has 0 fully saturated rings.